The number of hydrogen-bond donors (Lipinski definition) is 1. The van der Waals surface area contributed by atoms with Gasteiger partial charge in [-0.1, -0.05) is 11.2 Å². The summed E-state index contributed by atoms with van der Waals surface area (Å²) in [5.74, 6) is 0.996. The predicted octanol–water partition coefficient (Wildman–Crippen LogP) is 1.88. The molecule has 1 aliphatic rings. The number of aromatic nitrogens is 3. The summed E-state index contributed by atoms with van der Waals surface area (Å²) >= 11 is 1.78. The zero-order chi connectivity index (χ0) is 16.4. The van der Waals surface area contributed by atoms with Gasteiger partial charge < -0.3 is 14.4 Å². The van der Waals surface area contributed by atoms with Crippen LogP contribution in [0.5, 0.6) is 0 Å². The fourth-order valence-electron chi connectivity index (χ4n) is 2.86. The minimum Gasteiger partial charge on any atom is -0.351 e. The number of nitrogens with zero attached hydrogens (tertiary/aromatic N) is 4. The molecule has 0 unspecified atom stereocenters. The third-order valence-electron chi connectivity index (χ3n) is 4.08. The van der Waals surface area contributed by atoms with Crippen LogP contribution in [0, 0.1) is 0 Å². The molecule has 1 aliphatic heterocycles. The molecule has 0 aromatic carbocycles. The molecule has 0 saturated heterocycles. The Morgan fingerprint density at radius 1 is 1.38 bits per heavy atom. The molecule has 4 heterocycles. The van der Waals surface area contributed by atoms with E-state index in [9.17, 15) is 4.79 Å². The van der Waals surface area contributed by atoms with Crippen molar-refractivity contribution in [3.8, 4) is 0 Å². The lowest BCUT2D eigenvalue weighted by atomic mass is 10.3. The van der Waals surface area contributed by atoms with Crippen LogP contribution in [-0.2, 0) is 26.2 Å². The highest BCUT2D eigenvalue weighted by molar-refractivity contribution is 7.09. The smallest absolute Gasteiger partial charge is 0.290 e. The zero-order valence-corrected chi connectivity index (χ0v) is 13.8. The summed E-state index contributed by atoms with van der Waals surface area (Å²) < 4.78 is 7.04. The molecule has 7 nitrogen and oxygen atoms in total. The first-order chi connectivity index (χ1) is 11.8. The highest BCUT2D eigenvalue weighted by atomic mass is 32.1. The van der Waals surface area contributed by atoms with Gasteiger partial charge in [-0.15, -0.1) is 11.3 Å². The number of nitrogens with one attached hydrogen (secondary N) is 1. The second kappa shape index (κ2) is 6.58. The summed E-state index contributed by atoms with van der Waals surface area (Å²) in [6.07, 6.45) is 3.29. The lowest BCUT2D eigenvalue weighted by Gasteiger charge is -2.28. The Hall–Kier alpha value is -2.45. The topological polar surface area (TPSA) is 76.2 Å². The van der Waals surface area contributed by atoms with E-state index in [1.807, 2.05) is 6.20 Å². The Morgan fingerprint density at radius 2 is 2.33 bits per heavy atom. The number of amides is 1. The minimum absolute atomic E-state index is 0.218. The Morgan fingerprint density at radius 3 is 3.12 bits per heavy atom. The summed E-state index contributed by atoms with van der Waals surface area (Å²) in [5, 5.41) is 8.49. The molecule has 1 N–H and O–H groups in total. The first-order valence-corrected chi connectivity index (χ1v) is 8.64. The average Bonchev–Trinajstić information content (AvgIpc) is 3.34. The van der Waals surface area contributed by atoms with E-state index in [1.165, 1.54) is 11.1 Å². The van der Waals surface area contributed by atoms with Gasteiger partial charge in [0.2, 0.25) is 5.76 Å². The third-order valence-corrected chi connectivity index (χ3v) is 4.94. The van der Waals surface area contributed by atoms with Crippen molar-refractivity contribution < 1.29 is 9.32 Å². The number of carbonyl (C=O) groups excluding carboxylic acids is 1. The highest BCUT2D eigenvalue weighted by Crippen LogP contribution is 2.18. The second-order valence-electron chi connectivity index (χ2n) is 5.67. The van der Waals surface area contributed by atoms with Crippen molar-refractivity contribution in [2.45, 2.75) is 26.2 Å². The van der Waals surface area contributed by atoms with Gasteiger partial charge in [0.1, 0.15) is 5.82 Å². The molecule has 3 aromatic rings. The van der Waals surface area contributed by atoms with E-state index in [0.717, 1.165) is 37.7 Å². The summed E-state index contributed by atoms with van der Waals surface area (Å²) in [6, 6.07) is 5.79. The summed E-state index contributed by atoms with van der Waals surface area (Å²) in [5.41, 5.74) is 1.01. The van der Waals surface area contributed by atoms with Crippen LogP contribution < -0.4 is 5.32 Å². The van der Waals surface area contributed by atoms with E-state index in [0.29, 0.717) is 6.54 Å². The summed E-state index contributed by atoms with van der Waals surface area (Å²) in [7, 11) is 0. The molecule has 0 saturated carbocycles. The zero-order valence-electron chi connectivity index (χ0n) is 13.0. The van der Waals surface area contributed by atoms with E-state index in [4.69, 9.17) is 4.52 Å². The number of hydrogen-bond acceptors (Lipinski definition) is 6. The second-order valence-corrected chi connectivity index (χ2v) is 6.70. The normalized spacial score (nSPS) is 14.5. The monoisotopic (exact) mass is 343 g/mol. The lowest BCUT2D eigenvalue weighted by Crippen LogP contribution is -2.34. The molecular formula is C16H17N5O2S. The molecule has 8 heteroatoms. The SMILES string of the molecule is O=C(NCc1cnc2n1CCN(Cc1cccs1)C2)c1ccno1. The molecule has 0 radical (unpaired) electrons. The van der Waals surface area contributed by atoms with Gasteiger partial charge >= 0.3 is 0 Å². The molecule has 24 heavy (non-hydrogen) atoms. The number of imidazole rings is 1. The van der Waals surface area contributed by atoms with Gasteiger partial charge in [-0.3, -0.25) is 9.69 Å². The Labute approximate surface area is 142 Å². The largest absolute Gasteiger partial charge is 0.351 e. The van der Waals surface area contributed by atoms with Crippen molar-refractivity contribution in [2.24, 2.45) is 0 Å². The van der Waals surface area contributed by atoms with Crippen LogP contribution in [0.3, 0.4) is 0 Å². The highest BCUT2D eigenvalue weighted by Gasteiger charge is 2.20. The van der Waals surface area contributed by atoms with Crippen LogP contribution in [0.4, 0.5) is 0 Å². The molecule has 0 aliphatic carbocycles. The third kappa shape index (κ3) is 3.10. The van der Waals surface area contributed by atoms with Crippen LogP contribution in [0.15, 0.2) is 40.5 Å². The molecular weight excluding hydrogens is 326 g/mol. The predicted molar refractivity (Wildman–Crippen MR) is 88.3 cm³/mol. The van der Waals surface area contributed by atoms with E-state index in [1.54, 1.807) is 17.4 Å². The van der Waals surface area contributed by atoms with Crippen molar-refractivity contribution >= 4 is 17.2 Å². The van der Waals surface area contributed by atoms with Gasteiger partial charge in [-0.25, -0.2) is 4.98 Å². The molecule has 0 bridgehead atoms. The molecule has 4 rings (SSSR count). The van der Waals surface area contributed by atoms with Gasteiger partial charge in [-0.2, -0.15) is 0 Å². The minimum atomic E-state index is -0.266. The van der Waals surface area contributed by atoms with Gasteiger partial charge in [0.15, 0.2) is 0 Å². The Kier molecular flexibility index (Phi) is 4.14. The van der Waals surface area contributed by atoms with Crippen molar-refractivity contribution in [3.63, 3.8) is 0 Å². The number of fused-ring (bicyclic) bond motifs is 1. The van der Waals surface area contributed by atoms with Gasteiger partial charge in [0.25, 0.3) is 5.91 Å². The first kappa shape index (κ1) is 15.1. The van der Waals surface area contributed by atoms with Crippen molar-refractivity contribution in [2.75, 3.05) is 6.54 Å². The van der Waals surface area contributed by atoms with Crippen molar-refractivity contribution in [3.05, 3.63) is 58.1 Å². The van der Waals surface area contributed by atoms with Crippen LogP contribution in [-0.4, -0.2) is 32.1 Å². The number of carbonyl (C=O) groups is 1. The average molecular weight is 343 g/mol. The van der Waals surface area contributed by atoms with E-state index < -0.39 is 0 Å². The van der Waals surface area contributed by atoms with Crippen LogP contribution in [0.1, 0.15) is 27.0 Å². The summed E-state index contributed by atoms with van der Waals surface area (Å²) in [4.78, 5) is 20.2. The maximum atomic E-state index is 11.9. The van der Waals surface area contributed by atoms with Crippen molar-refractivity contribution in [1.82, 2.24) is 24.9 Å². The number of rotatable bonds is 5. The molecule has 3 aromatic heterocycles. The fraction of sp³-hybridized carbons (Fsp3) is 0.312. The van der Waals surface area contributed by atoms with Crippen LogP contribution in [0.25, 0.3) is 0 Å². The quantitative estimate of drug-likeness (QED) is 0.765. The van der Waals surface area contributed by atoms with Crippen molar-refractivity contribution in [1.29, 1.82) is 0 Å². The maximum Gasteiger partial charge on any atom is 0.290 e. The Bertz CT molecular complexity index is 810. The van der Waals surface area contributed by atoms with Gasteiger partial charge in [0, 0.05) is 30.6 Å². The fourth-order valence-corrected chi connectivity index (χ4v) is 3.61. The Balaban J connectivity index is 1.38. The van der Waals surface area contributed by atoms with Gasteiger partial charge in [-0.05, 0) is 11.4 Å². The van der Waals surface area contributed by atoms with E-state index >= 15 is 0 Å². The van der Waals surface area contributed by atoms with Crippen LogP contribution in [0.2, 0.25) is 0 Å². The molecule has 0 fully saturated rings. The molecule has 1 amide bonds. The van der Waals surface area contributed by atoms with E-state index in [-0.39, 0.29) is 11.7 Å². The van der Waals surface area contributed by atoms with Crippen LogP contribution >= 0.6 is 11.3 Å². The lowest BCUT2D eigenvalue weighted by molar-refractivity contribution is 0.0912. The van der Waals surface area contributed by atoms with E-state index in [2.05, 4.69) is 42.4 Å². The molecule has 124 valence electrons. The summed E-state index contributed by atoms with van der Waals surface area (Å²) in [6.45, 7) is 4.08. The number of thiophene rings is 1. The maximum absolute atomic E-state index is 11.9. The first-order valence-electron chi connectivity index (χ1n) is 7.76. The molecule has 0 spiro atoms. The molecule has 0 atom stereocenters. The van der Waals surface area contributed by atoms with Gasteiger partial charge in [0.05, 0.1) is 31.2 Å². The standard InChI is InChI=1S/C16H17N5O2S/c22-16(14-3-4-19-23-14)18-9-12-8-17-15-11-20(5-6-21(12)15)10-13-2-1-7-24-13/h1-4,7-8H,5-6,9-11H2,(H,18,22).